The zero-order valence-electron chi connectivity index (χ0n) is 11.1. The Balaban J connectivity index is 2.35. The minimum absolute atomic E-state index is 0.214. The number of anilines is 3. The largest absolute Gasteiger partial charge is 0.397 e. The fourth-order valence-electron chi connectivity index (χ4n) is 1.85. The Morgan fingerprint density at radius 2 is 1.85 bits per heavy atom. The van der Waals surface area contributed by atoms with E-state index in [0.717, 1.165) is 22.0 Å². The van der Waals surface area contributed by atoms with E-state index in [1.54, 1.807) is 12.1 Å². The second-order valence-electron chi connectivity index (χ2n) is 4.66. The summed E-state index contributed by atoms with van der Waals surface area (Å²) in [5, 5.41) is 3.18. The molecule has 2 aromatic carbocycles. The summed E-state index contributed by atoms with van der Waals surface area (Å²) >= 11 is 3.43. The van der Waals surface area contributed by atoms with Gasteiger partial charge in [0.15, 0.2) is 9.84 Å². The van der Waals surface area contributed by atoms with E-state index in [2.05, 4.69) is 21.2 Å². The fourth-order valence-corrected chi connectivity index (χ4v) is 3.11. The molecule has 0 heterocycles. The molecular formula is C14H15BrN2O2S. The molecule has 6 heteroatoms. The van der Waals surface area contributed by atoms with Gasteiger partial charge >= 0.3 is 0 Å². The Morgan fingerprint density at radius 3 is 2.40 bits per heavy atom. The van der Waals surface area contributed by atoms with E-state index in [1.165, 1.54) is 6.07 Å². The summed E-state index contributed by atoms with van der Waals surface area (Å²) in [5.74, 6) is 0. The van der Waals surface area contributed by atoms with Crippen molar-refractivity contribution in [1.82, 2.24) is 0 Å². The average Bonchev–Trinajstić information content (AvgIpc) is 2.29. The smallest absolute Gasteiger partial charge is 0.175 e. The van der Waals surface area contributed by atoms with Crippen LogP contribution in [-0.2, 0) is 9.84 Å². The number of nitrogens with two attached hydrogens (primary N) is 1. The van der Waals surface area contributed by atoms with E-state index in [1.807, 2.05) is 25.1 Å². The van der Waals surface area contributed by atoms with Crippen LogP contribution in [0.3, 0.4) is 0 Å². The number of hydrogen-bond acceptors (Lipinski definition) is 4. The Morgan fingerprint density at radius 1 is 1.15 bits per heavy atom. The molecule has 0 aliphatic rings. The monoisotopic (exact) mass is 354 g/mol. The molecule has 0 aliphatic heterocycles. The molecule has 20 heavy (non-hydrogen) atoms. The maximum absolute atomic E-state index is 11.5. The van der Waals surface area contributed by atoms with E-state index in [9.17, 15) is 8.42 Å². The second kappa shape index (κ2) is 5.46. The third-order valence-electron chi connectivity index (χ3n) is 2.77. The number of nitrogens with one attached hydrogen (secondary N) is 1. The number of aryl methyl sites for hydroxylation is 1. The maximum Gasteiger partial charge on any atom is 0.175 e. The molecule has 2 rings (SSSR count). The van der Waals surface area contributed by atoms with Crippen LogP contribution in [0.4, 0.5) is 17.1 Å². The van der Waals surface area contributed by atoms with Gasteiger partial charge in [-0.3, -0.25) is 0 Å². The van der Waals surface area contributed by atoms with Crippen molar-refractivity contribution in [3.05, 3.63) is 46.4 Å². The predicted octanol–water partition coefficient (Wildman–Crippen LogP) is 3.49. The van der Waals surface area contributed by atoms with Crippen LogP contribution in [0.25, 0.3) is 0 Å². The molecule has 0 spiro atoms. The normalized spacial score (nSPS) is 11.3. The SMILES string of the molecule is Cc1cc(Br)cc(Nc2ccc(S(C)(=O)=O)cc2N)c1. The predicted molar refractivity (Wildman–Crippen MR) is 86.1 cm³/mol. The second-order valence-corrected chi connectivity index (χ2v) is 7.59. The summed E-state index contributed by atoms with van der Waals surface area (Å²) < 4.78 is 23.9. The van der Waals surface area contributed by atoms with Crippen LogP contribution in [0.5, 0.6) is 0 Å². The van der Waals surface area contributed by atoms with Crippen molar-refractivity contribution in [2.45, 2.75) is 11.8 Å². The molecule has 0 saturated heterocycles. The van der Waals surface area contributed by atoms with Crippen molar-refractivity contribution in [2.24, 2.45) is 0 Å². The summed E-state index contributed by atoms with van der Waals surface area (Å²) in [4.78, 5) is 0.214. The average molecular weight is 355 g/mol. The van der Waals surface area contributed by atoms with E-state index in [-0.39, 0.29) is 4.90 Å². The highest BCUT2D eigenvalue weighted by molar-refractivity contribution is 9.10. The van der Waals surface area contributed by atoms with Crippen LogP contribution >= 0.6 is 15.9 Å². The van der Waals surface area contributed by atoms with Gasteiger partial charge in [-0.2, -0.15) is 0 Å². The highest BCUT2D eigenvalue weighted by Gasteiger charge is 2.09. The first-order valence-electron chi connectivity index (χ1n) is 5.89. The van der Waals surface area contributed by atoms with Gasteiger partial charge in [0.25, 0.3) is 0 Å². The lowest BCUT2D eigenvalue weighted by atomic mass is 10.2. The molecule has 0 atom stereocenters. The zero-order chi connectivity index (χ0) is 14.9. The molecule has 0 bridgehead atoms. The van der Waals surface area contributed by atoms with Crippen molar-refractivity contribution in [3.8, 4) is 0 Å². The highest BCUT2D eigenvalue weighted by atomic mass is 79.9. The Labute approximate surface area is 127 Å². The van der Waals surface area contributed by atoms with Crippen LogP contribution in [0, 0.1) is 6.92 Å². The molecule has 0 aromatic heterocycles. The highest BCUT2D eigenvalue weighted by Crippen LogP contribution is 2.28. The zero-order valence-corrected chi connectivity index (χ0v) is 13.5. The molecular weight excluding hydrogens is 340 g/mol. The molecule has 0 saturated carbocycles. The lowest BCUT2D eigenvalue weighted by Gasteiger charge is -2.11. The van der Waals surface area contributed by atoms with Gasteiger partial charge in [-0.25, -0.2) is 8.42 Å². The lowest BCUT2D eigenvalue weighted by Crippen LogP contribution is -2.01. The van der Waals surface area contributed by atoms with Gasteiger partial charge in [0.2, 0.25) is 0 Å². The van der Waals surface area contributed by atoms with E-state index in [4.69, 9.17) is 5.73 Å². The van der Waals surface area contributed by atoms with Gasteiger partial charge in [0.1, 0.15) is 0 Å². The van der Waals surface area contributed by atoms with Crippen LogP contribution in [0.1, 0.15) is 5.56 Å². The van der Waals surface area contributed by atoms with Gasteiger partial charge in [-0.1, -0.05) is 15.9 Å². The summed E-state index contributed by atoms with van der Waals surface area (Å²) in [6.07, 6.45) is 1.16. The molecule has 0 amide bonds. The van der Waals surface area contributed by atoms with E-state index in [0.29, 0.717) is 11.4 Å². The van der Waals surface area contributed by atoms with Crippen LogP contribution in [0.2, 0.25) is 0 Å². The molecule has 106 valence electrons. The molecule has 0 aliphatic carbocycles. The molecule has 4 nitrogen and oxygen atoms in total. The van der Waals surface area contributed by atoms with Crippen LogP contribution in [-0.4, -0.2) is 14.7 Å². The van der Waals surface area contributed by atoms with Crippen molar-refractivity contribution in [3.63, 3.8) is 0 Å². The topological polar surface area (TPSA) is 72.2 Å². The van der Waals surface area contributed by atoms with Crippen LogP contribution < -0.4 is 11.1 Å². The van der Waals surface area contributed by atoms with Crippen LogP contribution in [0.15, 0.2) is 45.8 Å². The first kappa shape index (κ1) is 14.9. The van der Waals surface area contributed by atoms with Gasteiger partial charge in [0, 0.05) is 16.4 Å². The molecule has 2 aromatic rings. The van der Waals surface area contributed by atoms with Crippen molar-refractivity contribution >= 4 is 42.8 Å². The van der Waals surface area contributed by atoms with Gasteiger partial charge < -0.3 is 11.1 Å². The number of rotatable bonds is 3. The fraction of sp³-hybridized carbons (Fsp3) is 0.143. The minimum atomic E-state index is -3.24. The Hall–Kier alpha value is -1.53. The van der Waals surface area contributed by atoms with E-state index < -0.39 is 9.84 Å². The first-order chi connectivity index (χ1) is 9.25. The van der Waals surface area contributed by atoms with Gasteiger partial charge in [0.05, 0.1) is 16.3 Å². The minimum Gasteiger partial charge on any atom is -0.397 e. The van der Waals surface area contributed by atoms with Gasteiger partial charge in [-0.05, 0) is 48.9 Å². The third kappa shape index (κ3) is 3.52. The number of halogens is 1. The van der Waals surface area contributed by atoms with E-state index >= 15 is 0 Å². The summed E-state index contributed by atoms with van der Waals surface area (Å²) in [6, 6.07) is 10.6. The summed E-state index contributed by atoms with van der Waals surface area (Å²) in [5.41, 5.74) is 8.96. The number of nitrogen functional groups attached to an aromatic ring is 1. The quantitative estimate of drug-likeness (QED) is 0.827. The number of benzene rings is 2. The standard InChI is InChI=1S/C14H15BrN2O2S/c1-9-5-10(15)7-11(6-9)17-14-4-3-12(8-13(14)16)20(2,18)19/h3-8,17H,16H2,1-2H3. The third-order valence-corrected chi connectivity index (χ3v) is 4.34. The lowest BCUT2D eigenvalue weighted by molar-refractivity contribution is 0.602. The van der Waals surface area contributed by atoms with Gasteiger partial charge in [-0.15, -0.1) is 0 Å². The molecule has 0 unspecified atom stereocenters. The van der Waals surface area contributed by atoms with Crippen molar-refractivity contribution < 1.29 is 8.42 Å². The van der Waals surface area contributed by atoms with Crippen molar-refractivity contribution in [1.29, 1.82) is 0 Å². The van der Waals surface area contributed by atoms with Crippen molar-refractivity contribution in [2.75, 3.05) is 17.3 Å². The first-order valence-corrected chi connectivity index (χ1v) is 8.58. The Kier molecular flexibility index (Phi) is 4.06. The number of hydrogen-bond donors (Lipinski definition) is 2. The molecule has 3 N–H and O–H groups in total. The molecule has 0 fully saturated rings. The maximum atomic E-state index is 11.5. The number of sulfone groups is 1. The molecule has 0 radical (unpaired) electrons. The summed E-state index contributed by atoms with van der Waals surface area (Å²) in [6.45, 7) is 1.99. The Bertz CT molecular complexity index is 738. The summed E-state index contributed by atoms with van der Waals surface area (Å²) in [7, 11) is -3.24.